The van der Waals surface area contributed by atoms with Crippen molar-refractivity contribution in [2.24, 2.45) is 0 Å². The third kappa shape index (κ3) is 2.79. The Labute approximate surface area is 136 Å². The van der Waals surface area contributed by atoms with E-state index in [1.54, 1.807) is 6.92 Å². The van der Waals surface area contributed by atoms with Gasteiger partial charge in [0.15, 0.2) is 5.78 Å². The van der Waals surface area contributed by atoms with E-state index in [9.17, 15) is 9.59 Å². The molecule has 2 aromatic rings. The molecule has 0 aliphatic carbocycles. The molecule has 0 saturated carbocycles. The highest BCUT2D eigenvalue weighted by molar-refractivity contribution is 6.03. The van der Waals surface area contributed by atoms with E-state index < -0.39 is 0 Å². The molecule has 1 aliphatic heterocycles. The summed E-state index contributed by atoms with van der Waals surface area (Å²) in [6.07, 6.45) is 1.58. The first-order valence-corrected chi connectivity index (χ1v) is 8.12. The molecule has 1 heterocycles. The van der Waals surface area contributed by atoms with Crippen molar-refractivity contribution in [2.45, 2.75) is 32.6 Å². The number of carbonyl (C=O) groups is 2. The Kier molecular flexibility index (Phi) is 4.28. The number of carbonyl (C=O) groups excluding carboxylic acids is 2. The zero-order valence-corrected chi connectivity index (χ0v) is 13.6. The van der Waals surface area contributed by atoms with Crippen LogP contribution in [-0.2, 0) is 11.2 Å². The molecule has 1 aliphatic rings. The van der Waals surface area contributed by atoms with Crippen molar-refractivity contribution in [3.63, 3.8) is 0 Å². The number of hydrogen-bond donors (Lipinski definition) is 0. The van der Waals surface area contributed by atoms with Crippen LogP contribution in [0.1, 0.15) is 47.7 Å². The van der Waals surface area contributed by atoms with Gasteiger partial charge in [0, 0.05) is 24.9 Å². The van der Waals surface area contributed by atoms with Crippen LogP contribution in [0.5, 0.6) is 0 Å². The molecule has 1 amide bonds. The summed E-state index contributed by atoms with van der Waals surface area (Å²) in [7, 11) is 0. The molecule has 0 N–H and O–H groups in total. The second kappa shape index (κ2) is 6.37. The Morgan fingerprint density at radius 1 is 1.09 bits per heavy atom. The molecular weight excluding hydrogens is 286 g/mol. The maximum absolute atomic E-state index is 12.9. The number of nitrogens with zero attached hydrogens (tertiary/aromatic N) is 1. The average molecular weight is 307 g/mol. The number of para-hydroxylation sites is 1. The lowest BCUT2D eigenvalue weighted by Crippen LogP contribution is -2.27. The van der Waals surface area contributed by atoms with Gasteiger partial charge < -0.3 is 4.90 Å². The summed E-state index contributed by atoms with van der Waals surface area (Å²) in [5.41, 5.74) is 3.82. The molecule has 0 radical (unpaired) electrons. The molecule has 0 bridgehead atoms. The molecule has 0 saturated heterocycles. The minimum absolute atomic E-state index is 0.0400. The first-order chi connectivity index (χ1) is 11.1. The van der Waals surface area contributed by atoms with Gasteiger partial charge in [-0.25, -0.2) is 0 Å². The number of ketones is 1. The van der Waals surface area contributed by atoms with Gasteiger partial charge in [-0.3, -0.25) is 9.59 Å². The number of anilines is 1. The second-order valence-corrected chi connectivity index (χ2v) is 5.97. The quantitative estimate of drug-likeness (QED) is 0.801. The van der Waals surface area contributed by atoms with Crippen molar-refractivity contribution in [3.8, 4) is 0 Å². The maximum Gasteiger partial charge on any atom is 0.223 e. The molecule has 23 heavy (non-hydrogen) atoms. The van der Waals surface area contributed by atoms with Crippen LogP contribution < -0.4 is 4.90 Å². The van der Waals surface area contributed by atoms with Crippen LogP contribution in [0, 0.1) is 0 Å². The number of hydrogen-bond acceptors (Lipinski definition) is 2. The standard InChI is InChI=1S/C20H21NO2/c1-3-17(20(23)16-8-5-4-6-9-16)18-11-7-10-15-12-13-21(14(2)22)19(15)18/h4-11,17H,3,12-13H2,1-2H3. The van der Waals surface area contributed by atoms with E-state index in [0.717, 1.165) is 35.2 Å². The van der Waals surface area contributed by atoms with Crippen LogP contribution in [0.15, 0.2) is 48.5 Å². The minimum Gasteiger partial charge on any atom is -0.312 e. The van der Waals surface area contributed by atoms with Crippen molar-refractivity contribution >= 4 is 17.4 Å². The number of fused-ring (bicyclic) bond motifs is 1. The predicted octanol–water partition coefficient (Wildman–Crippen LogP) is 3.97. The van der Waals surface area contributed by atoms with Gasteiger partial charge in [-0.15, -0.1) is 0 Å². The SMILES string of the molecule is CCC(C(=O)c1ccccc1)c1cccc2c1N(C(C)=O)CC2. The fourth-order valence-electron chi connectivity index (χ4n) is 3.43. The Balaban J connectivity index is 2.05. The van der Waals surface area contributed by atoms with E-state index in [4.69, 9.17) is 0 Å². The molecule has 0 fully saturated rings. The lowest BCUT2D eigenvalue weighted by Gasteiger charge is -2.23. The van der Waals surface area contributed by atoms with Gasteiger partial charge in [0.05, 0.1) is 5.69 Å². The summed E-state index contributed by atoms with van der Waals surface area (Å²) in [6.45, 7) is 4.32. The average Bonchev–Trinajstić information content (AvgIpc) is 3.01. The monoisotopic (exact) mass is 307 g/mol. The molecule has 3 heteroatoms. The normalized spacial score (nSPS) is 14.4. The topological polar surface area (TPSA) is 37.4 Å². The van der Waals surface area contributed by atoms with Crippen LogP contribution >= 0.6 is 0 Å². The van der Waals surface area contributed by atoms with Crippen LogP contribution in [-0.4, -0.2) is 18.2 Å². The summed E-state index contributed by atoms with van der Waals surface area (Å²) in [6, 6.07) is 15.5. The van der Waals surface area contributed by atoms with E-state index in [2.05, 4.69) is 6.07 Å². The van der Waals surface area contributed by atoms with Gasteiger partial charge >= 0.3 is 0 Å². The summed E-state index contributed by atoms with van der Waals surface area (Å²) < 4.78 is 0. The van der Waals surface area contributed by atoms with Crippen LogP contribution in [0.2, 0.25) is 0 Å². The summed E-state index contributed by atoms with van der Waals surface area (Å²) in [5.74, 6) is -0.0533. The predicted molar refractivity (Wildman–Crippen MR) is 92.0 cm³/mol. The fraction of sp³-hybridized carbons (Fsp3) is 0.300. The van der Waals surface area contributed by atoms with Crippen LogP contribution in [0.25, 0.3) is 0 Å². The zero-order chi connectivity index (χ0) is 16.4. The maximum atomic E-state index is 12.9. The first kappa shape index (κ1) is 15.5. The van der Waals surface area contributed by atoms with Gasteiger partial charge in [-0.2, -0.15) is 0 Å². The highest BCUT2D eigenvalue weighted by Gasteiger charge is 2.30. The lowest BCUT2D eigenvalue weighted by molar-refractivity contribution is -0.116. The number of amides is 1. The molecule has 3 rings (SSSR count). The summed E-state index contributed by atoms with van der Waals surface area (Å²) in [5, 5.41) is 0. The number of rotatable bonds is 4. The summed E-state index contributed by atoms with van der Waals surface area (Å²) in [4.78, 5) is 26.7. The third-order valence-electron chi connectivity index (χ3n) is 4.56. The number of Topliss-reactive ketones (excluding diaryl/α,β-unsaturated/α-hetero) is 1. The second-order valence-electron chi connectivity index (χ2n) is 5.97. The molecule has 0 spiro atoms. The Morgan fingerprint density at radius 2 is 1.83 bits per heavy atom. The van der Waals surface area contributed by atoms with Crippen molar-refractivity contribution in [2.75, 3.05) is 11.4 Å². The van der Waals surface area contributed by atoms with Gasteiger partial charge in [-0.1, -0.05) is 55.5 Å². The Hall–Kier alpha value is -2.42. The molecular formula is C20H21NO2. The third-order valence-corrected chi connectivity index (χ3v) is 4.56. The van der Waals surface area contributed by atoms with Crippen molar-refractivity contribution in [1.82, 2.24) is 0 Å². The van der Waals surface area contributed by atoms with Crippen LogP contribution in [0.3, 0.4) is 0 Å². The zero-order valence-electron chi connectivity index (χ0n) is 13.6. The van der Waals surface area contributed by atoms with Crippen molar-refractivity contribution in [1.29, 1.82) is 0 Å². The van der Waals surface area contributed by atoms with E-state index in [0.29, 0.717) is 6.54 Å². The van der Waals surface area contributed by atoms with E-state index >= 15 is 0 Å². The van der Waals surface area contributed by atoms with Gasteiger partial charge in [0.1, 0.15) is 0 Å². The van der Waals surface area contributed by atoms with Crippen molar-refractivity contribution < 1.29 is 9.59 Å². The van der Waals surface area contributed by atoms with E-state index in [1.807, 2.05) is 54.3 Å². The smallest absolute Gasteiger partial charge is 0.223 e. The van der Waals surface area contributed by atoms with Gasteiger partial charge in [-0.05, 0) is 24.0 Å². The molecule has 3 nitrogen and oxygen atoms in total. The largest absolute Gasteiger partial charge is 0.312 e. The summed E-state index contributed by atoms with van der Waals surface area (Å²) >= 11 is 0. The highest BCUT2D eigenvalue weighted by Crippen LogP contribution is 2.38. The van der Waals surface area contributed by atoms with Gasteiger partial charge in [0.25, 0.3) is 0 Å². The highest BCUT2D eigenvalue weighted by atomic mass is 16.2. The van der Waals surface area contributed by atoms with E-state index in [-0.39, 0.29) is 17.6 Å². The molecule has 1 atom stereocenters. The first-order valence-electron chi connectivity index (χ1n) is 8.12. The fourth-order valence-corrected chi connectivity index (χ4v) is 3.43. The molecule has 0 aromatic heterocycles. The Bertz CT molecular complexity index is 737. The Morgan fingerprint density at radius 3 is 2.48 bits per heavy atom. The van der Waals surface area contributed by atoms with Crippen LogP contribution in [0.4, 0.5) is 5.69 Å². The molecule has 1 unspecified atom stereocenters. The molecule has 2 aromatic carbocycles. The lowest BCUT2D eigenvalue weighted by atomic mass is 9.86. The number of benzene rings is 2. The van der Waals surface area contributed by atoms with E-state index in [1.165, 1.54) is 0 Å². The van der Waals surface area contributed by atoms with Crippen molar-refractivity contribution in [3.05, 3.63) is 65.2 Å². The molecule has 118 valence electrons. The minimum atomic E-state index is -0.215. The van der Waals surface area contributed by atoms with Gasteiger partial charge in [0.2, 0.25) is 5.91 Å².